The van der Waals surface area contributed by atoms with E-state index in [2.05, 4.69) is 24.1 Å². The van der Waals surface area contributed by atoms with Gasteiger partial charge in [-0.05, 0) is 43.3 Å². The number of hydrogen-bond acceptors (Lipinski definition) is 1. The lowest BCUT2D eigenvalue weighted by Gasteiger charge is -2.36. The second-order valence-corrected chi connectivity index (χ2v) is 5.46. The summed E-state index contributed by atoms with van der Waals surface area (Å²) >= 11 is 5.41. The average Bonchev–Trinajstić information content (AvgIpc) is 2.86. The number of nitrogens with zero attached hydrogens (tertiary/aromatic N) is 1. The Kier molecular flexibility index (Phi) is 2.96. The lowest BCUT2D eigenvalue weighted by Crippen LogP contribution is -2.47. The van der Waals surface area contributed by atoms with Crippen LogP contribution < -0.4 is 5.32 Å². The fraction of sp³-hybridized carbons (Fsp3) is 0.909. The van der Waals surface area contributed by atoms with Gasteiger partial charge in [-0.25, -0.2) is 0 Å². The average molecular weight is 212 g/mol. The zero-order valence-electron chi connectivity index (χ0n) is 9.12. The number of hydrogen-bond donors (Lipinski definition) is 1. The summed E-state index contributed by atoms with van der Waals surface area (Å²) in [6, 6.07) is 0.690. The van der Waals surface area contributed by atoms with Crippen LogP contribution in [-0.2, 0) is 0 Å². The molecule has 0 amide bonds. The summed E-state index contributed by atoms with van der Waals surface area (Å²) < 4.78 is 0. The van der Waals surface area contributed by atoms with Crippen LogP contribution in [0.1, 0.15) is 33.1 Å². The fourth-order valence-electron chi connectivity index (χ4n) is 2.32. The van der Waals surface area contributed by atoms with E-state index in [1.165, 1.54) is 19.3 Å². The van der Waals surface area contributed by atoms with Gasteiger partial charge in [0.1, 0.15) is 0 Å². The largest absolute Gasteiger partial charge is 0.360 e. The summed E-state index contributed by atoms with van der Waals surface area (Å²) in [5.41, 5.74) is 0. The van der Waals surface area contributed by atoms with Crippen molar-refractivity contribution in [1.82, 2.24) is 10.2 Å². The minimum atomic E-state index is 0.690. The first-order valence-corrected chi connectivity index (χ1v) is 6.11. The van der Waals surface area contributed by atoms with E-state index >= 15 is 0 Å². The van der Waals surface area contributed by atoms with Gasteiger partial charge in [0, 0.05) is 19.1 Å². The molecule has 1 aliphatic heterocycles. The third kappa shape index (κ3) is 2.59. The van der Waals surface area contributed by atoms with Gasteiger partial charge in [0.25, 0.3) is 0 Å². The first kappa shape index (κ1) is 10.2. The smallest absolute Gasteiger partial charge is 0.169 e. The van der Waals surface area contributed by atoms with Gasteiger partial charge in [-0.3, -0.25) is 0 Å². The number of piperidine rings is 1. The van der Waals surface area contributed by atoms with Gasteiger partial charge < -0.3 is 10.2 Å². The van der Waals surface area contributed by atoms with Crippen LogP contribution in [0.4, 0.5) is 0 Å². The number of thiocarbonyl (C=S) groups is 1. The number of nitrogens with one attached hydrogen (secondary N) is 1. The van der Waals surface area contributed by atoms with Crippen molar-refractivity contribution in [3.05, 3.63) is 0 Å². The highest BCUT2D eigenvalue weighted by Crippen LogP contribution is 2.23. The van der Waals surface area contributed by atoms with Crippen molar-refractivity contribution in [3.63, 3.8) is 0 Å². The van der Waals surface area contributed by atoms with Crippen molar-refractivity contribution in [1.29, 1.82) is 0 Å². The Bertz CT molecular complexity index is 215. The van der Waals surface area contributed by atoms with Gasteiger partial charge in [0.05, 0.1) is 0 Å². The van der Waals surface area contributed by atoms with E-state index < -0.39 is 0 Å². The Morgan fingerprint density at radius 2 is 1.79 bits per heavy atom. The normalized spacial score (nSPS) is 32.9. The Labute approximate surface area is 92.0 Å². The Hall–Kier alpha value is -0.310. The van der Waals surface area contributed by atoms with Crippen LogP contribution in [0.2, 0.25) is 0 Å². The van der Waals surface area contributed by atoms with E-state index in [9.17, 15) is 0 Å². The van der Waals surface area contributed by atoms with E-state index in [1.807, 2.05) is 0 Å². The van der Waals surface area contributed by atoms with Crippen molar-refractivity contribution in [2.75, 3.05) is 13.1 Å². The predicted octanol–water partition coefficient (Wildman–Crippen LogP) is 2.00. The highest BCUT2D eigenvalue weighted by Gasteiger charge is 2.27. The van der Waals surface area contributed by atoms with Gasteiger partial charge in [-0.1, -0.05) is 13.8 Å². The summed E-state index contributed by atoms with van der Waals surface area (Å²) in [5.74, 6) is 1.58. The molecule has 0 unspecified atom stereocenters. The van der Waals surface area contributed by atoms with Crippen LogP contribution in [0.15, 0.2) is 0 Å². The van der Waals surface area contributed by atoms with Crippen molar-refractivity contribution in [2.24, 2.45) is 11.8 Å². The Balaban J connectivity index is 1.85. The van der Waals surface area contributed by atoms with E-state index in [-0.39, 0.29) is 0 Å². The highest BCUT2D eigenvalue weighted by atomic mass is 32.1. The standard InChI is InChI=1S/C11H20N2S/c1-8-5-9(2)7-13(6-8)11(14)12-10-3-4-10/h8-10H,3-7H2,1-2H3,(H,12,14)/t8-,9-/m0/s1. The third-order valence-electron chi connectivity index (χ3n) is 3.06. The van der Waals surface area contributed by atoms with Crippen LogP contribution in [-0.4, -0.2) is 29.1 Å². The van der Waals surface area contributed by atoms with Gasteiger partial charge >= 0.3 is 0 Å². The molecular weight excluding hydrogens is 192 g/mol. The molecule has 0 aromatic rings. The molecule has 1 heterocycles. The Morgan fingerprint density at radius 1 is 1.21 bits per heavy atom. The van der Waals surface area contributed by atoms with Crippen molar-refractivity contribution in [2.45, 2.75) is 39.2 Å². The number of likely N-dealkylation sites (tertiary alicyclic amines) is 1. The molecule has 0 spiro atoms. The molecule has 2 fully saturated rings. The second kappa shape index (κ2) is 4.05. The van der Waals surface area contributed by atoms with E-state index in [0.717, 1.165) is 30.0 Å². The molecule has 3 heteroatoms. The summed E-state index contributed by atoms with van der Waals surface area (Å²) in [4.78, 5) is 2.35. The molecule has 1 saturated carbocycles. The molecule has 2 aliphatic rings. The molecule has 0 aromatic carbocycles. The monoisotopic (exact) mass is 212 g/mol. The minimum Gasteiger partial charge on any atom is -0.360 e. The molecule has 2 rings (SSSR count). The third-order valence-corrected chi connectivity index (χ3v) is 3.44. The zero-order chi connectivity index (χ0) is 10.1. The lowest BCUT2D eigenvalue weighted by molar-refractivity contribution is 0.212. The molecule has 2 atom stereocenters. The van der Waals surface area contributed by atoms with Crippen LogP contribution in [0.25, 0.3) is 0 Å². The van der Waals surface area contributed by atoms with E-state index in [4.69, 9.17) is 12.2 Å². The van der Waals surface area contributed by atoms with Crippen molar-refractivity contribution < 1.29 is 0 Å². The fourth-order valence-corrected chi connectivity index (χ4v) is 2.64. The molecule has 0 bridgehead atoms. The quantitative estimate of drug-likeness (QED) is 0.669. The molecule has 80 valence electrons. The highest BCUT2D eigenvalue weighted by molar-refractivity contribution is 7.80. The van der Waals surface area contributed by atoms with Crippen molar-refractivity contribution in [3.8, 4) is 0 Å². The predicted molar refractivity (Wildman–Crippen MR) is 63.3 cm³/mol. The van der Waals surface area contributed by atoms with Crippen LogP contribution in [0.3, 0.4) is 0 Å². The molecule has 2 nitrogen and oxygen atoms in total. The first-order valence-electron chi connectivity index (χ1n) is 5.70. The van der Waals surface area contributed by atoms with Crippen LogP contribution in [0, 0.1) is 11.8 Å². The van der Waals surface area contributed by atoms with Gasteiger partial charge in [-0.15, -0.1) is 0 Å². The summed E-state index contributed by atoms with van der Waals surface area (Å²) in [6.45, 7) is 6.93. The zero-order valence-corrected chi connectivity index (χ0v) is 9.94. The summed E-state index contributed by atoms with van der Waals surface area (Å²) in [7, 11) is 0. The molecule has 0 radical (unpaired) electrons. The minimum absolute atomic E-state index is 0.690. The molecule has 14 heavy (non-hydrogen) atoms. The molecule has 1 aliphatic carbocycles. The maximum Gasteiger partial charge on any atom is 0.169 e. The topological polar surface area (TPSA) is 15.3 Å². The van der Waals surface area contributed by atoms with E-state index in [0.29, 0.717) is 6.04 Å². The van der Waals surface area contributed by atoms with E-state index in [1.54, 1.807) is 0 Å². The molecule has 1 saturated heterocycles. The summed E-state index contributed by atoms with van der Waals surface area (Å²) in [6.07, 6.45) is 3.96. The van der Waals surface area contributed by atoms with Crippen LogP contribution >= 0.6 is 12.2 Å². The molecule has 1 N–H and O–H groups in total. The molecule has 0 aromatic heterocycles. The summed E-state index contributed by atoms with van der Waals surface area (Å²) in [5, 5.41) is 4.41. The maximum atomic E-state index is 5.41. The van der Waals surface area contributed by atoms with Gasteiger partial charge in [0.15, 0.2) is 5.11 Å². The SMILES string of the molecule is C[C@H]1C[C@H](C)CN(C(=S)NC2CC2)C1. The first-order chi connectivity index (χ1) is 6.65. The lowest BCUT2D eigenvalue weighted by atomic mass is 9.92. The van der Waals surface area contributed by atoms with Gasteiger partial charge in [-0.2, -0.15) is 0 Å². The van der Waals surface area contributed by atoms with Crippen molar-refractivity contribution >= 4 is 17.3 Å². The maximum absolute atomic E-state index is 5.41. The van der Waals surface area contributed by atoms with Gasteiger partial charge in [0.2, 0.25) is 0 Å². The second-order valence-electron chi connectivity index (χ2n) is 5.07. The Morgan fingerprint density at radius 3 is 2.29 bits per heavy atom. The number of rotatable bonds is 1. The molecular formula is C11H20N2S. The van der Waals surface area contributed by atoms with Crippen LogP contribution in [0.5, 0.6) is 0 Å².